The predicted octanol–water partition coefficient (Wildman–Crippen LogP) is 2.67. The first-order valence-electron chi connectivity index (χ1n) is 6.53. The van der Waals surface area contributed by atoms with Gasteiger partial charge in [-0.05, 0) is 18.4 Å². The highest BCUT2D eigenvalue weighted by Gasteiger charge is 2.14. The van der Waals surface area contributed by atoms with Crippen LogP contribution in [-0.4, -0.2) is 20.5 Å². The molecule has 0 N–H and O–H groups in total. The summed E-state index contributed by atoms with van der Waals surface area (Å²) in [6.45, 7) is 6.98. The van der Waals surface area contributed by atoms with Crippen molar-refractivity contribution in [1.82, 2.24) is 14.8 Å². The Kier molecular flexibility index (Phi) is 4.10. The Bertz CT molecular complexity index is 572. The van der Waals surface area contributed by atoms with Gasteiger partial charge in [0.2, 0.25) is 0 Å². The van der Waals surface area contributed by atoms with E-state index in [0.29, 0.717) is 12.3 Å². The van der Waals surface area contributed by atoms with Gasteiger partial charge in [-0.25, -0.2) is 9.67 Å². The molecule has 2 aromatic rings. The molecule has 100 valence electrons. The number of Topliss-reactive ketones (excluding diaryl/α,β-unsaturated/α-hetero) is 1. The molecule has 0 saturated carbocycles. The Balaban J connectivity index is 2.16. The van der Waals surface area contributed by atoms with Crippen molar-refractivity contribution in [2.45, 2.75) is 33.7 Å². The van der Waals surface area contributed by atoms with E-state index in [1.165, 1.54) is 6.33 Å². The molecular formula is C15H19N3O. The molecule has 0 saturated heterocycles. The molecule has 0 atom stereocenters. The standard InChI is InChI=1S/C15H19N3O/c1-11(2)9-18-15(16-10-17-18)8-14(19)13-7-5-4-6-12(13)3/h4-7,10-11H,8-9H2,1-3H3. The van der Waals surface area contributed by atoms with Gasteiger partial charge >= 0.3 is 0 Å². The molecule has 19 heavy (non-hydrogen) atoms. The maximum Gasteiger partial charge on any atom is 0.170 e. The first-order chi connectivity index (χ1) is 9.08. The molecule has 2 rings (SSSR count). The predicted molar refractivity (Wildman–Crippen MR) is 74.1 cm³/mol. The lowest BCUT2D eigenvalue weighted by atomic mass is 10.0. The van der Waals surface area contributed by atoms with E-state index >= 15 is 0 Å². The zero-order valence-corrected chi connectivity index (χ0v) is 11.6. The summed E-state index contributed by atoms with van der Waals surface area (Å²) in [6, 6.07) is 7.64. The van der Waals surface area contributed by atoms with Crippen LogP contribution < -0.4 is 0 Å². The van der Waals surface area contributed by atoms with Crippen molar-refractivity contribution in [1.29, 1.82) is 0 Å². The lowest BCUT2D eigenvalue weighted by molar-refractivity contribution is 0.0988. The number of carbonyl (C=O) groups is 1. The Morgan fingerprint density at radius 3 is 2.74 bits per heavy atom. The van der Waals surface area contributed by atoms with Gasteiger partial charge in [0.15, 0.2) is 5.78 Å². The maximum absolute atomic E-state index is 12.3. The van der Waals surface area contributed by atoms with Gasteiger partial charge in [-0.2, -0.15) is 5.10 Å². The second-order valence-electron chi connectivity index (χ2n) is 5.17. The van der Waals surface area contributed by atoms with Crippen molar-refractivity contribution < 1.29 is 4.79 Å². The van der Waals surface area contributed by atoms with Crippen molar-refractivity contribution in [2.24, 2.45) is 5.92 Å². The van der Waals surface area contributed by atoms with Gasteiger partial charge in [0.25, 0.3) is 0 Å². The molecule has 0 spiro atoms. The largest absolute Gasteiger partial charge is 0.294 e. The maximum atomic E-state index is 12.3. The topological polar surface area (TPSA) is 47.8 Å². The van der Waals surface area contributed by atoms with Gasteiger partial charge in [-0.1, -0.05) is 38.1 Å². The molecule has 1 aromatic heterocycles. The SMILES string of the molecule is Cc1ccccc1C(=O)Cc1ncnn1CC(C)C. The Hall–Kier alpha value is -1.97. The molecular weight excluding hydrogens is 238 g/mol. The lowest BCUT2D eigenvalue weighted by Crippen LogP contribution is -2.14. The summed E-state index contributed by atoms with van der Waals surface area (Å²) in [5, 5.41) is 4.18. The number of benzene rings is 1. The van der Waals surface area contributed by atoms with E-state index in [-0.39, 0.29) is 5.78 Å². The quantitative estimate of drug-likeness (QED) is 0.774. The first-order valence-corrected chi connectivity index (χ1v) is 6.53. The third-order valence-electron chi connectivity index (χ3n) is 3.00. The average molecular weight is 257 g/mol. The molecule has 1 aromatic carbocycles. The molecule has 0 aliphatic carbocycles. The highest BCUT2D eigenvalue weighted by Crippen LogP contribution is 2.11. The van der Waals surface area contributed by atoms with Gasteiger partial charge in [-0.3, -0.25) is 4.79 Å². The molecule has 4 heteroatoms. The van der Waals surface area contributed by atoms with Gasteiger partial charge < -0.3 is 0 Å². The number of carbonyl (C=O) groups excluding carboxylic acids is 1. The van der Waals surface area contributed by atoms with E-state index in [0.717, 1.165) is 23.5 Å². The molecule has 0 unspecified atom stereocenters. The van der Waals surface area contributed by atoms with E-state index in [1.807, 2.05) is 35.9 Å². The van der Waals surface area contributed by atoms with Crippen molar-refractivity contribution in [2.75, 3.05) is 0 Å². The van der Waals surface area contributed by atoms with E-state index in [4.69, 9.17) is 0 Å². The summed E-state index contributed by atoms with van der Waals surface area (Å²) in [4.78, 5) is 16.5. The minimum absolute atomic E-state index is 0.0936. The van der Waals surface area contributed by atoms with Crippen LogP contribution in [0.1, 0.15) is 35.6 Å². The first kappa shape index (κ1) is 13.5. The van der Waals surface area contributed by atoms with E-state index < -0.39 is 0 Å². The average Bonchev–Trinajstić information content (AvgIpc) is 2.76. The summed E-state index contributed by atoms with van der Waals surface area (Å²) >= 11 is 0. The van der Waals surface area contributed by atoms with Crippen LogP contribution in [0.5, 0.6) is 0 Å². The zero-order chi connectivity index (χ0) is 13.8. The van der Waals surface area contributed by atoms with Crippen LogP contribution in [0.4, 0.5) is 0 Å². The summed E-state index contributed by atoms with van der Waals surface area (Å²) < 4.78 is 1.82. The molecule has 0 aliphatic heterocycles. The van der Waals surface area contributed by atoms with Crippen LogP contribution in [-0.2, 0) is 13.0 Å². The Labute approximate surface area is 113 Å². The molecule has 0 bridgehead atoms. The van der Waals surface area contributed by atoms with Crippen molar-refractivity contribution in [3.8, 4) is 0 Å². The number of hydrogen-bond acceptors (Lipinski definition) is 3. The summed E-state index contributed by atoms with van der Waals surface area (Å²) in [5.74, 6) is 1.31. The normalized spacial score (nSPS) is 10.9. The van der Waals surface area contributed by atoms with E-state index in [2.05, 4.69) is 23.9 Å². The highest BCUT2D eigenvalue weighted by atomic mass is 16.1. The number of aryl methyl sites for hydroxylation is 1. The van der Waals surface area contributed by atoms with Crippen LogP contribution in [0.25, 0.3) is 0 Å². The molecule has 0 radical (unpaired) electrons. The Morgan fingerprint density at radius 2 is 2.05 bits per heavy atom. The van der Waals surface area contributed by atoms with Gasteiger partial charge in [0.1, 0.15) is 12.2 Å². The minimum atomic E-state index is 0.0936. The van der Waals surface area contributed by atoms with Crippen LogP contribution in [0.3, 0.4) is 0 Å². The third kappa shape index (κ3) is 3.28. The highest BCUT2D eigenvalue weighted by molar-refractivity contribution is 5.98. The second-order valence-corrected chi connectivity index (χ2v) is 5.17. The fraction of sp³-hybridized carbons (Fsp3) is 0.400. The Morgan fingerprint density at radius 1 is 1.32 bits per heavy atom. The molecule has 4 nitrogen and oxygen atoms in total. The fourth-order valence-corrected chi connectivity index (χ4v) is 2.05. The summed E-state index contributed by atoms with van der Waals surface area (Å²) in [7, 11) is 0. The summed E-state index contributed by atoms with van der Waals surface area (Å²) in [6.07, 6.45) is 1.82. The van der Waals surface area contributed by atoms with Gasteiger partial charge in [-0.15, -0.1) is 0 Å². The zero-order valence-electron chi connectivity index (χ0n) is 11.6. The number of rotatable bonds is 5. The fourth-order valence-electron chi connectivity index (χ4n) is 2.05. The van der Waals surface area contributed by atoms with Crippen LogP contribution in [0.2, 0.25) is 0 Å². The monoisotopic (exact) mass is 257 g/mol. The van der Waals surface area contributed by atoms with Gasteiger partial charge in [0.05, 0.1) is 6.42 Å². The number of ketones is 1. The summed E-state index contributed by atoms with van der Waals surface area (Å²) in [5.41, 5.74) is 1.77. The second kappa shape index (κ2) is 5.78. The van der Waals surface area contributed by atoms with Crippen LogP contribution >= 0.6 is 0 Å². The number of hydrogen-bond donors (Lipinski definition) is 0. The lowest BCUT2D eigenvalue weighted by Gasteiger charge is -2.08. The van der Waals surface area contributed by atoms with Crippen molar-refractivity contribution >= 4 is 5.78 Å². The van der Waals surface area contributed by atoms with Crippen molar-refractivity contribution in [3.63, 3.8) is 0 Å². The van der Waals surface area contributed by atoms with Crippen LogP contribution in [0.15, 0.2) is 30.6 Å². The van der Waals surface area contributed by atoms with Crippen molar-refractivity contribution in [3.05, 3.63) is 47.5 Å². The van der Waals surface area contributed by atoms with E-state index in [1.54, 1.807) is 0 Å². The number of nitrogens with zero attached hydrogens (tertiary/aromatic N) is 3. The molecule has 0 amide bonds. The molecule has 0 fully saturated rings. The molecule has 0 aliphatic rings. The van der Waals surface area contributed by atoms with Crippen LogP contribution in [0, 0.1) is 12.8 Å². The smallest absolute Gasteiger partial charge is 0.170 e. The van der Waals surface area contributed by atoms with E-state index in [9.17, 15) is 4.79 Å². The minimum Gasteiger partial charge on any atom is -0.294 e. The molecule has 1 heterocycles. The third-order valence-corrected chi connectivity index (χ3v) is 3.00. The number of aromatic nitrogens is 3. The van der Waals surface area contributed by atoms with Gasteiger partial charge in [0, 0.05) is 12.1 Å².